The fourth-order valence-corrected chi connectivity index (χ4v) is 3.73. The molecule has 3 N–H and O–H groups in total. The molecule has 0 aromatic heterocycles. The fourth-order valence-electron chi connectivity index (χ4n) is 3.73. The third-order valence-electron chi connectivity index (χ3n) is 5.25. The summed E-state index contributed by atoms with van der Waals surface area (Å²) >= 11 is 0. The summed E-state index contributed by atoms with van der Waals surface area (Å²) in [5.74, 6) is 0.248. The number of nitrogens with zero attached hydrogens (tertiary/aromatic N) is 1. The monoisotopic (exact) mass is 316 g/mol. The summed E-state index contributed by atoms with van der Waals surface area (Å²) in [6, 6.07) is 10.4. The molecule has 1 unspecified atom stereocenters. The maximum absolute atomic E-state index is 12.4. The Morgan fingerprint density at radius 2 is 1.96 bits per heavy atom. The van der Waals surface area contributed by atoms with Gasteiger partial charge in [-0.05, 0) is 43.1 Å². The summed E-state index contributed by atoms with van der Waals surface area (Å²) in [4.78, 5) is 25.4. The van der Waals surface area contributed by atoms with Gasteiger partial charge in [-0.2, -0.15) is 0 Å². The molecular weight excluding hydrogens is 292 g/mol. The van der Waals surface area contributed by atoms with E-state index in [-0.39, 0.29) is 12.5 Å². The first kappa shape index (κ1) is 16.0. The van der Waals surface area contributed by atoms with Crippen molar-refractivity contribution in [3.8, 4) is 0 Å². The van der Waals surface area contributed by atoms with Crippen LogP contribution in [0, 0.1) is 5.92 Å². The van der Waals surface area contributed by atoms with Gasteiger partial charge in [0.1, 0.15) is 0 Å². The van der Waals surface area contributed by atoms with Crippen LogP contribution in [0.4, 0.5) is 0 Å². The van der Waals surface area contributed by atoms with Gasteiger partial charge in [-0.15, -0.1) is 0 Å². The van der Waals surface area contributed by atoms with Gasteiger partial charge in [0, 0.05) is 13.0 Å². The van der Waals surface area contributed by atoms with Gasteiger partial charge < -0.3 is 15.7 Å². The Balaban J connectivity index is 1.50. The maximum atomic E-state index is 12.4. The number of hydrogen-bond acceptors (Lipinski definition) is 3. The highest BCUT2D eigenvalue weighted by Crippen LogP contribution is 2.43. The molecular formula is C18H24N2O3. The van der Waals surface area contributed by atoms with Gasteiger partial charge in [0.15, 0.2) is 5.60 Å². The third-order valence-corrected chi connectivity index (χ3v) is 5.25. The van der Waals surface area contributed by atoms with Crippen LogP contribution in [0.5, 0.6) is 0 Å². The third kappa shape index (κ3) is 3.39. The second-order valence-electron chi connectivity index (χ2n) is 6.96. The van der Waals surface area contributed by atoms with E-state index >= 15 is 0 Å². The molecule has 1 heterocycles. The van der Waals surface area contributed by atoms with E-state index in [1.165, 1.54) is 5.56 Å². The average Bonchev–Trinajstić information content (AvgIpc) is 2.51. The predicted octanol–water partition coefficient (Wildman–Crippen LogP) is 1.41. The topological polar surface area (TPSA) is 83.6 Å². The van der Waals surface area contributed by atoms with Crippen LogP contribution >= 0.6 is 0 Å². The molecule has 2 fully saturated rings. The first-order valence-corrected chi connectivity index (χ1v) is 8.33. The summed E-state index contributed by atoms with van der Waals surface area (Å²) in [6.45, 7) is 0.638. The number of likely N-dealkylation sites (tertiary alicyclic amines) is 1. The van der Waals surface area contributed by atoms with E-state index < -0.39 is 11.5 Å². The van der Waals surface area contributed by atoms with Crippen LogP contribution < -0.4 is 5.73 Å². The second-order valence-corrected chi connectivity index (χ2v) is 6.96. The first-order valence-electron chi connectivity index (χ1n) is 8.33. The molecule has 1 aromatic rings. The number of rotatable bonds is 4. The molecule has 5 heteroatoms. The van der Waals surface area contributed by atoms with E-state index in [1.807, 2.05) is 18.2 Å². The molecule has 3 rings (SSSR count). The molecule has 1 aliphatic heterocycles. The van der Waals surface area contributed by atoms with Crippen molar-refractivity contribution in [3.63, 3.8) is 0 Å². The zero-order valence-electron chi connectivity index (χ0n) is 13.3. The summed E-state index contributed by atoms with van der Waals surface area (Å²) in [5.41, 5.74) is 5.05. The zero-order chi connectivity index (χ0) is 16.4. The molecule has 124 valence electrons. The Morgan fingerprint density at radius 1 is 1.26 bits per heavy atom. The molecule has 1 aromatic carbocycles. The van der Waals surface area contributed by atoms with Gasteiger partial charge in [0.05, 0.1) is 6.54 Å². The normalized spacial score (nSPS) is 30.6. The van der Waals surface area contributed by atoms with Crippen molar-refractivity contribution >= 4 is 11.8 Å². The van der Waals surface area contributed by atoms with E-state index in [2.05, 4.69) is 12.1 Å². The largest absolute Gasteiger partial charge is 0.378 e. The number of nitrogens with two attached hydrogens (primary N) is 1. The number of hydrogen-bond donors (Lipinski definition) is 2. The number of carbonyl (C=O) groups excluding carboxylic acids is 2. The highest BCUT2D eigenvalue weighted by molar-refractivity contribution is 5.85. The van der Waals surface area contributed by atoms with Crippen molar-refractivity contribution in [2.75, 3.05) is 13.1 Å². The van der Waals surface area contributed by atoms with Crippen molar-refractivity contribution in [1.29, 1.82) is 0 Å². The van der Waals surface area contributed by atoms with Crippen LogP contribution in [0.1, 0.15) is 43.6 Å². The van der Waals surface area contributed by atoms with E-state index in [4.69, 9.17) is 5.73 Å². The van der Waals surface area contributed by atoms with Gasteiger partial charge >= 0.3 is 0 Å². The Kier molecular flexibility index (Phi) is 4.39. The lowest BCUT2D eigenvalue weighted by Gasteiger charge is -2.40. The van der Waals surface area contributed by atoms with E-state index in [0.29, 0.717) is 37.6 Å². The van der Waals surface area contributed by atoms with Gasteiger partial charge in [0.25, 0.3) is 5.91 Å². The number of aliphatic hydroxyl groups is 1. The number of piperidine rings is 1. The Bertz CT molecular complexity index is 583. The van der Waals surface area contributed by atoms with Crippen molar-refractivity contribution in [2.24, 2.45) is 11.7 Å². The maximum Gasteiger partial charge on any atom is 0.251 e. The second kappa shape index (κ2) is 6.32. The number of β-amino-alcohol motifs (C(OH)–C–C–N with tert-alkyl or cyclic N) is 1. The minimum absolute atomic E-state index is 0.0286. The van der Waals surface area contributed by atoms with Gasteiger partial charge in [-0.3, -0.25) is 9.59 Å². The van der Waals surface area contributed by atoms with Crippen molar-refractivity contribution in [3.05, 3.63) is 35.9 Å². The molecule has 0 bridgehead atoms. The summed E-state index contributed by atoms with van der Waals surface area (Å²) in [6.07, 6.45) is 3.51. The molecule has 23 heavy (non-hydrogen) atoms. The first-order chi connectivity index (χ1) is 11.0. The molecule has 1 atom stereocenters. The molecule has 5 nitrogen and oxygen atoms in total. The Morgan fingerprint density at radius 3 is 2.61 bits per heavy atom. The molecule has 0 radical (unpaired) electrons. The van der Waals surface area contributed by atoms with Gasteiger partial charge in [-0.25, -0.2) is 0 Å². The Hall–Kier alpha value is -1.88. The highest BCUT2D eigenvalue weighted by atomic mass is 16.3. The van der Waals surface area contributed by atoms with E-state index in [1.54, 1.807) is 4.90 Å². The molecule has 0 spiro atoms. The lowest BCUT2D eigenvalue weighted by molar-refractivity contribution is -0.149. The van der Waals surface area contributed by atoms with Crippen LogP contribution in [0.15, 0.2) is 30.3 Å². The average molecular weight is 316 g/mol. The molecule has 1 saturated carbocycles. The Labute approximate surface area is 136 Å². The smallest absolute Gasteiger partial charge is 0.251 e. The number of amides is 2. The summed E-state index contributed by atoms with van der Waals surface area (Å²) in [5, 5.41) is 10.2. The van der Waals surface area contributed by atoms with Crippen LogP contribution in [0.25, 0.3) is 0 Å². The van der Waals surface area contributed by atoms with Crippen LogP contribution in [-0.2, 0) is 9.59 Å². The lowest BCUT2D eigenvalue weighted by Crippen LogP contribution is -2.57. The van der Waals surface area contributed by atoms with Crippen molar-refractivity contribution in [1.82, 2.24) is 4.90 Å². The quantitative estimate of drug-likeness (QED) is 0.881. The molecule has 2 amide bonds. The number of benzene rings is 1. The minimum Gasteiger partial charge on any atom is -0.378 e. The van der Waals surface area contributed by atoms with Gasteiger partial charge in [-0.1, -0.05) is 30.3 Å². The molecule has 1 saturated heterocycles. The van der Waals surface area contributed by atoms with Crippen molar-refractivity contribution < 1.29 is 14.7 Å². The standard InChI is InChI=1S/C18H24N2O3/c19-17(22)18(23)7-4-8-20(12-18)16(21)11-13-9-15(10-13)14-5-2-1-3-6-14/h1-3,5-6,13,15,23H,4,7-12H2,(H2,19,22). The number of primary amides is 1. The summed E-state index contributed by atoms with van der Waals surface area (Å²) < 4.78 is 0. The lowest BCUT2D eigenvalue weighted by atomic mass is 9.70. The molecule has 1 aliphatic carbocycles. The van der Waals surface area contributed by atoms with E-state index in [9.17, 15) is 14.7 Å². The summed E-state index contributed by atoms with van der Waals surface area (Å²) in [7, 11) is 0. The molecule has 2 aliphatic rings. The SMILES string of the molecule is NC(=O)C1(O)CCCN(C(=O)CC2CC(c3ccccc3)C2)C1. The predicted molar refractivity (Wildman–Crippen MR) is 86.5 cm³/mol. The zero-order valence-corrected chi connectivity index (χ0v) is 13.3. The fraction of sp³-hybridized carbons (Fsp3) is 0.556. The van der Waals surface area contributed by atoms with Gasteiger partial charge in [0.2, 0.25) is 5.91 Å². The van der Waals surface area contributed by atoms with Crippen LogP contribution in [0.3, 0.4) is 0 Å². The minimum atomic E-state index is -1.56. The highest BCUT2D eigenvalue weighted by Gasteiger charge is 2.41. The number of carbonyl (C=O) groups is 2. The van der Waals surface area contributed by atoms with Crippen molar-refractivity contribution in [2.45, 2.75) is 43.6 Å². The van der Waals surface area contributed by atoms with E-state index in [0.717, 1.165) is 12.8 Å². The van der Waals surface area contributed by atoms with Crippen LogP contribution in [-0.4, -0.2) is 40.5 Å². The van der Waals surface area contributed by atoms with Crippen LogP contribution in [0.2, 0.25) is 0 Å².